The van der Waals surface area contributed by atoms with Gasteiger partial charge in [-0.15, -0.1) is 0 Å². The minimum absolute atomic E-state index is 0.0875. The molecule has 1 aliphatic carbocycles. The van der Waals surface area contributed by atoms with Gasteiger partial charge in [0.2, 0.25) is 0 Å². The van der Waals surface area contributed by atoms with Gasteiger partial charge in [0.05, 0.1) is 16.9 Å². The Bertz CT molecular complexity index is 563. The van der Waals surface area contributed by atoms with E-state index in [4.69, 9.17) is 10.8 Å². The minimum Gasteiger partial charge on any atom is -0.478 e. The Morgan fingerprint density at radius 2 is 2.24 bits per heavy atom. The van der Waals surface area contributed by atoms with Crippen molar-refractivity contribution in [2.24, 2.45) is 5.92 Å². The summed E-state index contributed by atoms with van der Waals surface area (Å²) in [5.41, 5.74) is 5.71. The van der Waals surface area contributed by atoms with Gasteiger partial charge in [0.25, 0.3) is 0 Å². The Kier molecular flexibility index (Phi) is 3.49. The SMILES string of the molecule is Nc1c(C(=O)O)ccnc1N1CCC2(O)CCCCC2C1. The van der Waals surface area contributed by atoms with Crippen LogP contribution in [0, 0.1) is 5.92 Å². The highest BCUT2D eigenvalue weighted by Gasteiger charge is 2.43. The van der Waals surface area contributed by atoms with Gasteiger partial charge in [0, 0.05) is 25.2 Å². The quantitative estimate of drug-likeness (QED) is 0.763. The summed E-state index contributed by atoms with van der Waals surface area (Å²) in [6.45, 7) is 1.35. The first-order valence-electron chi connectivity index (χ1n) is 7.46. The third-order valence-corrected chi connectivity index (χ3v) is 4.93. The maximum Gasteiger partial charge on any atom is 0.337 e. The lowest BCUT2D eigenvalue weighted by Crippen LogP contribution is -2.53. The van der Waals surface area contributed by atoms with E-state index in [1.807, 2.05) is 4.90 Å². The molecule has 114 valence electrons. The van der Waals surface area contributed by atoms with Crippen LogP contribution in [0.2, 0.25) is 0 Å². The number of nitrogens with two attached hydrogens (primary N) is 1. The smallest absolute Gasteiger partial charge is 0.337 e. The molecule has 1 aliphatic heterocycles. The number of aromatic nitrogens is 1. The summed E-state index contributed by atoms with van der Waals surface area (Å²) in [5.74, 6) is -0.292. The Balaban J connectivity index is 1.86. The third-order valence-electron chi connectivity index (χ3n) is 4.93. The van der Waals surface area contributed by atoms with Crippen molar-refractivity contribution in [3.63, 3.8) is 0 Å². The number of nitrogen functional groups attached to an aromatic ring is 1. The molecule has 0 spiro atoms. The second-order valence-corrected chi connectivity index (χ2v) is 6.14. The average molecular weight is 291 g/mol. The van der Waals surface area contributed by atoms with E-state index in [9.17, 15) is 9.90 Å². The molecular weight excluding hydrogens is 270 g/mol. The first-order valence-corrected chi connectivity index (χ1v) is 7.46. The standard InChI is InChI=1S/C15H21N3O3/c16-12-11(14(19)20)4-7-17-13(12)18-8-6-15(21)5-2-1-3-10(15)9-18/h4,7,10,21H,1-3,5-6,8-9,16H2,(H,19,20). The van der Waals surface area contributed by atoms with Gasteiger partial charge in [0.1, 0.15) is 0 Å². The van der Waals surface area contributed by atoms with E-state index in [-0.39, 0.29) is 17.2 Å². The number of anilines is 2. The number of carboxylic acid groups (broad SMARTS) is 1. The van der Waals surface area contributed by atoms with Gasteiger partial charge in [-0.05, 0) is 25.3 Å². The van der Waals surface area contributed by atoms with Gasteiger partial charge in [-0.1, -0.05) is 12.8 Å². The molecular formula is C15H21N3O3. The lowest BCUT2D eigenvalue weighted by molar-refractivity contribution is -0.0613. The van der Waals surface area contributed by atoms with Crippen LogP contribution in [-0.4, -0.2) is 39.9 Å². The molecule has 4 N–H and O–H groups in total. The molecule has 1 saturated carbocycles. The van der Waals surface area contributed by atoms with Crippen LogP contribution in [0.5, 0.6) is 0 Å². The molecule has 2 atom stereocenters. The van der Waals surface area contributed by atoms with E-state index in [1.54, 1.807) is 0 Å². The molecule has 1 aromatic rings. The van der Waals surface area contributed by atoms with Crippen molar-refractivity contribution in [2.75, 3.05) is 23.7 Å². The highest BCUT2D eigenvalue weighted by Crippen LogP contribution is 2.41. The summed E-state index contributed by atoms with van der Waals surface area (Å²) in [5, 5.41) is 19.8. The molecule has 2 aliphatic rings. The van der Waals surface area contributed by atoms with Crippen molar-refractivity contribution >= 4 is 17.5 Å². The van der Waals surface area contributed by atoms with Crippen LogP contribution in [0.25, 0.3) is 0 Å². The van der Waals surface area contributed by atoms with Crippen molar-refractivity contribution in [1.82, 2.24) is 4.98 Å². The van der Waals surface area contributed by atoms with E-state index < -0.39 is 11.6 Å². The second kappa shape index (κ2) is 5.18. The van der Waals surface area contributed by atoms with Gasteiger partial charge < -0.3 is 20.8 Å². The first-order chi connectivity index (χ1) is 10.0. The minimum atomic E-state index is -1.04. The predicted octanol–water partition coefficient (Wildman–Crippen LogP) is 1.49. The molecule has 0 amide bonds. The number of fused-ring (bicyclic) bond motifs is 1. The zero-order valence-electron chi connectivity index (χ0n) is 12.0. The van der Waals surface area contributed by atoms with Crippen molar-refractivity contribution in [2.45, 2.75) is 37.7 Å². The fourth-order valence-corrected chi connectivity index (χ4v) is 3.66. The van der Waals surface area contributed by atoms with Crippen LogP contribution in [0.3, 0.4) is 0 Å². The molecule has 2 unspecified atom stereocenters. The van der Waals surface area contributed by atoms with Crippen LogP contribution >= 0.6 is 0 Å². The van der Waals surface area contributed by atoms with Crippen LogP contribution in [-0.2, 0) is 0 Å². The van der Waals surface area contributed by atoms with E-state index in [2.05, 4.69) is 4.98 Å². The van der Waals surface area contributed by atoms with Crippen molar-refractivity contribution < 1.29 is 15.0 Å². The number of rotatable bonds is 2. The summed E-state index contributed by atoms with van der Waals surface area (Å²) in [6.07, 6.45) is 6.27. The topological polar surface area (TPSA) is 99.7 Å². The van der Waals surface area contributed by atoms with E-state index in [1.165, 1.54) is 12.3 Å². The monoisotopic (exact) mass is 291 g/mol. The van der Waals surface area contributed by atoms with Crippen LogP contribution in [0.4, 0.5) is 11.5 Å². The first kappa shape index (κ1) is 14.1. The van der Waals surface area contributed by atoms with Crippen molar-refractivity contribution in [1.29, 1.82) is 0 Å². The Hall–Kier alpha value is -1.82. The number of carboxylic acids is 1. The number of piperidine rings is 1. The average Bonchev–Trinajstić information content (AvgIpc) is 2.46. The second-order valence-electron chi connectivity index (χ2n) is 6.14. The fraction of sp³-hybridized carbons (Fsp3) is 0.600. The number of hydrogen-bond donors (Lipinski definition) is 3. The molecule has 0 aromatic carbocycles. The zero-order chi connectivity index (χ0) is 15.0. The number of pyridine rings is 1. The normalized spacial score (nSPS) is 29.0. The lowest BCUT2D eigenvalue weighted by atomic mass is 9.71. The Labute approximate surface area is 123 Å². The molecule has 2 heterocycles. The molecule has 1 aromatic heterocycles. The summed E-state index contributed by atoms with van der Waals surface area (Å²) >= 11 is 0. The van der Waals surface area contributed by atoms with E-state index in [0.717, 1.165) is 25.7 Å². The lowest BCUT2D eigenvalue weighted by Gasteiger charge is -2.47. The highest BCUT2D eigenvalue weighted by atomic mass is 16.4. The molecule has 1 saturated heterocycles. The van der Waals surface area contributed by atoms with Crippen molar-refractivity contribution in [3.05, 3.63) is 17.8 Å². The molecule has 21 heavy (non-hydrogen) atoms. The van der Waals surface area contributed by atoms with Crippen LogP contribution in [0.1, 0.15) is 42.5 Å². The number of nitrogens with zero attached hydrogens (tertiary/aromatic N) is 2. The molecule has 0 radical (unpaired) electrons. The van der Waals surface area contributed by atoms with Gasteiger partial charge in [-0.2, -0.15) is 0 Å². The van der Waals surface area contributed by atoms with Gasteiger partial charge in [-0.25, -0.2) is 9.78 Å². The van der Waals surface area contributed by atoms with Gasteiger partial charge >= 0.3 is 5.97 Å². The summed E-state index contributed by atoms with van der Waals surface area (Å²) in [4.78, 5) is 17.5. The number of aromatic carboxylic acids is 1. The van der Waals surface area contributed by atoms with Crippen LogP contribution < -0.4 is 10.6 Å². The van der Waals surface area contributed by atoms with E-state index in [0.29, 0.717) is 25.3 Å². The molecule has 6 heteroatoms. The largest absolute Gasteiger partial charge is 0.478 e. The maximum absolute atomic E-state index is 11.2. The summed E-state index contributed by atoms with van der Waals surface area (Å²) in [6, 6.07) is 1.42. The maximum atomic E-state index is 11.2. The third kappa shape index (κ3) is 2.44. The van der Waals surface area contributed by atoms with Gasteiger partial charge in [-0.3, -0.25) is 0 Å². The Morgan fingerprint density at radius 1 is 1.43 bits per heavy atom. The molecule has 0 bridgehead atoms. The van der Waals surface area contributed by atoms with E-state index >= 15 is 0 Å². The number of carbonyl (C=O) groups is 1. The Morgan fingerprint density at radius 3 is 3.00 bits per heavy atom. The number of hydrogen-bond acceptors (Lipinski definition) is 5. The van der Waals surface area contributed by atoms with Gasteiger partial charge in [0.15, 0.2) is 5.82 Å². The number of aliphatic hydroxyl groups is 1. The zero-order valence-corrected chi connectivity index (χ0v) is 12.0. The molecule has 3 rings (SSSR count). The van der Waals surface area contributed by atoms with Crippen molar-refractivity contribution in [3.8, 4) is 0 Å². The highest BCUT2D eigenvalue weighted by molar-refractivity contribution is 5.96. The van der Waals surface area contributed by atoms with Crippen LogP contribution in [0.15, 0.2) is 12.3 Å². The predicted molar refractivity (Wildman–Crippen MR) is 79.3 cm³/mol. The summed E-state index contributed by atoms with van der Waals surface area (Å²) in [7, 11) is 0. The summed E-state index contributed by atoms with van der Waals surface area (Å²) < 4.78 is 0. The fourth-order valence-electron chi connectivity index (χ4n) is 3.66. The molecule has 6 nitrogen and oxygen atoms in total. The molecule has 2 fully saturated rings.